The Kier molecular flexibility index (Phi) is 3.69. The normalized spacial score (nSPS) is 10.6. The van der Waals surface area contributed by atoms with E-state index in [1.54, 1.807) is 6.20 Å². The van der Waals surface area contributed by atoms with Crippen LogP contribution in [0.1, 0.15) is 17.2 Å². The van der Waals surface area contributed by atoms with E-state index in [0.717, 1.165) is 5.56 Å². The van der Waals surface area contributed by atoms with E-state index in [-0.39, 0.29) is 6.61 Å². The predicted molar refractivity (Wildman–Crippen MR) is 57.4 cm³/mol. The van der Waals surface area contributed by atoms with Crippen LogP contribution in [0.3, 0.4) is 0 Å². The molecule has 4 nitrogen and oxygen atoms in total. The third-order valence-electron chi connectivity index (χ3n) is 2.09. The van der Waals surface area contributed by atoms with Crippen LogP contribution in [0.25, 0.3) is 0 Å². The molecule has 0 spiro atoms. The summed E-state index contributed by atoms with van der Waals surface area (Å²) in [7, 11) is 0. The van der Waals surface area contributed by atoms with Crippen molar-refractivity contribution in [3.63, 3.8) is 0 Å². The zero-order valence-corrected chi connectivity index (χ0v) is 8.80. The lowest BCUT2D eigenvalue weighted by Gasteiger charge is -2.01. The fourth-order valence-corrected chi connectivity index (χ4v) is 1.33. The van der Waals surface area contributed by atoms with E-state index < -0.39 is 0 Å². The molecule has 16 heavy (non-hydrogen) atoms. The number of ether oxygens (including phenoxy) is 1. The third kappa shape index (κ3) is 2.92. The van der Waals surface area contributed by atoms with Crippen molar-refractivity contribution in [1.82, 2.24) is 4.98 Å². The van der Waals surface area contributed by atoms with Crippen molar-refractivity contribution in [3.8, 4) is 0 Å². The van der Waals surface area contributed by atoms with Crippen molar-refractivity contribution < 1.29 is 14.3 Å². The lowest BCUT2D eigenvalue weighted by Crippen LogP contribution is -1.92. The Bertz CT molecular complexity index is 425. The molecule has 0 aliphatic rings. The van der Waals surface area contributed by atoms with Crippen molar-refractivity contribution in [2.24, 2.45) is 0 Å². The van der Waals surface area contributed by atoms with E-state index in [4.69, 9.17) is 14.3 Å². The number of aliphatic hydroxyl groups is 1. The Morgan fingerprint density at radius 1 is 1.19 bits per heavy atom. The lowest BCUT2D eigenvalue weighted by molar-refractivity contribution is 0.0904. The molecular weight excluding hydrogens is 206 g/mol. The molecule has 1 aromatic heterocycles. The maximum Gasteiger partial charge on any atom is 0.220 e. The average Bonchev–Trinajstić information content (AvgIpc) is 2.78. The number of hydrogen-bond acceptors (Lipinski definition) is 4. The molecule has 1 heterocycles. The van der Waals surface area contributed by atoms with E-state index in [0.29, 0.717) is 24.9 Å². The van der Waals surface area contributed by atoms with Crippen LogP contribution in [0.5, 0.6) is 0 Å². The Morgan fingerprint density at radius 2 is 2.00 bits per heavy atom. The van der Waals surface area contributed by atoms with Gasteiger partial charge < -0.3 is 14.3 Å². The molecule has 0 bridgehead atoms. The van der Waals surface area contributed by atoms with Crippen LogP contribution in [0.15, 0.2) is 40.9 Å². The highest BCUT2D eigenvalue weighted by Crippen LogP contribution is 2.07. The molecule has 0 aliphatic carbocycles. The zero-order valence-electron chi connectivity index (χ0n) is 8.80. The second-order valence-electron chi connectivity index (χ2n) is 3.36. The summed E-state index contributed by atoms with van der Waals surface area (Å²) in [6.45, 7) is 0.719. The fourth-order valence-electron chi connectivity index (χ4n) is 1.33. The molecule has 0 saturated heterocycles. The maximum absolute atomic E-state index is 8.76. The first-order chi connectivity index (χ1) is 7.88. The molecule has 0 atom stereocenters. The lowest BCUT2D eigenvalue weighted by atomic mass is 10.2. The van der Waals surface area contributed by atoms with Gasteiger partial charge in [0.15, 0.2) is 0 Å². The molecule has 0 amide bonds. The van der Waals surface area contributed by atoms with Crippen LogP contribution >= 0.6 is 0 Å². The van der Waals surface area contributed by atoms with E-state index in [2.05, 4.69) is 4.98 Å². The number of benzene rings is 1. The SMILES string of the molecule is OCc1ncc(COCc2ccccc2)o1. The highest BCUT2D eigenvalue weighted by molar-refractivity contribution is 5.13. The molecule has 1 aromatic carbocycles. The van der Waals surface area contributed by atoms with E-state index in [1.807, 2.05) is 30.3 Å². The van der Waals surface area contributed by atoms with Crippen LogP contribution in [0.4, 0.5) is 0 Å². The molecule has 0 radical (unpaired) electrons. The molecule has 2 rings (SSSR count). The highest BCUT2D eigenvalue weighted by atomic mass is 16.5. The summed E-state index contributed by atoms with van der Waals surface area (Å²) < 4.78 is 10.6. The Balaban J connectivity index is 1.80. The summed E-state index contributed by atoms with van der Waals surface area (Å²) in [4.78, 5) is 3.86. The van der Waals surface area contributed by atoms with Crippen LogP contribution in [0.2, 0.25) is 0 Å². The first-order valence-corrected chi connectivity index (χ1v) is 5.04. The summed E-state index contributed by atoms with van der Waals surface area (Å²) in [5.74, 6) is 0.943. The van der Waals surface area contributed by atoms with Gasteiger partial charge >= 0.3 is 0 Å². The Labute approximate surface area is 93.5 Å². The molecule has 0 fully saturated rings. The summed E-state index contributed by atoms with van der Waals surface area (Å²) in [6.07, 6.45) is 1.57. The maximum atomic E-state index is 8.76. The predicted octanol–water partition coefficient (Wildman–Crippen LogP) is 1.88. The zero-order chi connectivity index (χ0) is 11.2. The highest BCUT2D eigenvalue weighted by Gasteiger charge is 2.02. The molecule has 4 heteroatoms. The Hall–Kier alpha value is -1.65. The van der Waals surface area contributed by atoms with E-state index >= 15 is 0 Å². The monoisotopic (exact) mass is 219 g/mol. The van der Waals surface area contributed by atoms with Crippen LogP contribution in [0, 0.1) is 0 Å². The Morgan fingerprint density at radius 3 is 2.69 bits per heavy atom. The van der Waals surface area contributed by atoms with Crippen LogP contribution < -0.4 is 0 Å². The van der Waals surface area contributed by atoms with Crippen molar-refractivity contribution >= 4 is 0 Å². The largest absolute Gasteiger partial charge is 0.441 e. The average molecular weight is 219 g/mol. The van der Waals surface area contributed by atoms with Gasteiger partial charge in [-0.1, -0.05) is 30.3 Å². The molecule has 0 aliphatic heterocycles. The first kappa shape index (κ1) is 10.9. The number of aliphatic hydroxyl groups excluding tert-OH is 1. The van der Waals surface area contributed by atoms with Gasteiger partial charge in [-0.3, -0.25) is 0 Å². The standard InChI is InChI=1S/C12H13NO3/c14-7-12-13-6-11(16-12)9-15-8-10-4-2-1-3-5-10/h1-6,14H,7-9H2. The molecule has 84 valence electrons. The van der Waals surface area contributed by atoms with Gasteiger partial charge in [-0.05, 0) is 5.56 Å². The summed E-state index contributed by atoms with van der Waals surface area (Å²) in [5.41, 5.74) is 1.12. The van der Waals surface area contributed by atoms with Crippen molar-refractivity contribution in [1.29, 1.82) is 0 Å². The summed E-state index contributed by atoms with van der Waals surface area (Å²) in [6, 6.07) is 9.90. The van der Waals surface area contributed by atoms with Crippen molar-refractivity contribution in [3.05, 3.63) is 53.7 Å². The number of oxazole rings is 1. The van der Waals surface area contributed by atoms with E-state index in [9.17, 15) is 0 Å². The molecular formula is C12H13NO3. The van der Waals surface area contributed by atoms with Gasteiger partial charge in [-0.15, -0.1) is 0 Å². The summed E-state index contributed by atoms with van der Waals surface area (Å²) >= 11 is 0. The third-order valence-corrected chi connectivity index (χ3v) is 2.09. The van der Waals surface area contributed by atoms with Gasteiger partial charge in [0.1, 0.15) is 19.0 Å². The number of rotatable bonds is 5. The van der Waals surface area contributed by atoms with Gasteiger partial charge in [0.05, 0.1) is 12.8 Å². The smallest absolute Gasteiger partial charge is 0.220 e. The fraction of sp³-hybridized carbons (Fsp3) is 0.250. The van der Waals surface area contributed by atoms with Crippen LogP contribution in [-0.4, -0.2) is 10.1 Å². The van der Waals surface area contributed by atoms with Crippen molar-refractivity contribution in [2.45, 2.75) is 19.8 Å². The minimum atomic E-state index is -0.182. The second-order valence-corrected chi connectivity index (χ2v) is 3.36. The second kappa shape index (κ2) is 5.44. The molecule has 0 unspecified atom stereocenters. The van der Waals surface area contributed by atoms with Gasteiger partial charge in [-0.2, -0.15) is 0 Å². The van der Waals surface area contributed by atoms with Crippen molar-refractivity contribution in [2.75, 3.05) is 0 Å². The molecule has 0 saturated carbocycles. The topological polar surface area (TPSA) is 55.5 Å². The number of nitrogens with zero attached hydrogens (tertiary/aromatic N) is 1. The van der Waals surface area contributed by atoms with Gasteiger partial charge in [0, 0.05) is 0 Å². The molecule has 1 N–H and O–H groups in total. The minimum Gasteiger partial charge on any atom is -0.441 e. The van der Waals surface area contributed by atoms with Crippen LogP contribution in [-0.2, 0) is 24.6 Å². The van der Waals surface area contributed by atoms with Gasteiger partial charge in [0.25, 0.3) is 0 Å². The van der Waals surface area contributed by atoms with Gasteiger partial charge in [-0.25, -0.2) is 4.98 Å². The van der Waals surface area contributed by atoms with Gasteiger partial charge in [0.2, 0.25) is 5.89 Å². The quantitative estimate of drug-likeness (QED) is 0.834. The number of hydrogen-bond donors (Lipinski definition) is 1. The molecule has 2 aromatic rings. The van der Waals surface area contributed by atoms with E-state index in [1.165, 1.54) is 0 Å². The first-order valence-electron chi connectivity index (χ1n) is 5.04. The summed E-state index contributed by atoms with van der Waals surface area (Å²) in [5, 5.41) is 8.76. The number of aromatic nitrogens is 1. The minimum absolute atomic E-state index is 0.182.